The van der Waals surface area contributed by atoms with Crippen molar-refractivity contribution in [2.75, 3.05) is 0 Å². The van der Waals surface area contributed by atoms with Crippen molar-refractivity contribution < 1.29 is 0 Å². The molecule has 1 aromatic rings. The van der Waals surface area contributed by atoms with Gasteiger partial charge in [0, 0.05) is 31.4 Å². The molecule has 0 radical (unpaired) electrons. The maximum Gasteiger partial charge on any atom is 0.0694 e. The molecule has 3 heteroatoms. The van der Waals surface area contributed by atoms with Gasteiger partial charge in [-0.2, -0.15) is 5.10 Å². The Kier molecular flexibility index (Phi) is 3.69. The van der Waals surface area contributed by atoms with Gasteiger partial charge in [-0.1, -0.05) is 27.7 Å². The molecule has 0 bridgehead atoms. The van der Waals surface area contributed by atoms with Crippen molar-refractivity contribution in [3.63, 3.8) is 0 Å². The Labute approximate surface area is 86.5 Å². The van der Waals surface area contributed by atoms with E-state index in [1.54, 1.807) is 0 Å². The summed E-state index contributed by atoms with van der Waals surface area (Å²) in [5.74, 6) is 0.500. The molecule has 1 aromatic heterocycles. The molecule has 0 aromatic carbocycles. The molecular weight excluding hydrogens is 174 g/mol. The quantitative estimate of drug-likeness (QED) is 0.796. The molecular formula is C11H21N3. The number of aromatic nitrogens is 2. The number of nitrogens with zero attached hydrogens (tertiary/aromatic N) is 2. The largest absolute Gasteiger partial charge is 0.310 e. The van der Waals surface area contributed by atoms with Crippen molar-refractivity contribution in [1.29, 1.82) is 0 Å². The minimum atomic E-state index is 0.500. The van der Waals surface area contributed by atoms with Crippen LogP contribution in [0.4, 0.5) is 0 Å². The lowest BCUT2D eigenvalue weighted by atomic mass is 10.1. The third-order valence-electron chi connectivity index (χ3n) is 2.18. The maximum absolute atomic E-state index is 4.46. The molecule has 0 spiro atoms. The highest BCUT2D eigenvalue weighted by Crippen LogP contribution is 2.16. The fraction of sp³-hybridized carbons (Fsp3) is 0.727. The van der Waals surface area contributed by atoms with E-state index < -0.39 is 0 Å². The second-order valence-corrected chi connectivity index (χ2v) is 4.40. The summed E-state index contributed by atoms with van der Waals surface area (Å²) in [5.41, 5.74) is 2.52. The Morgan fingerprint density at radius 1 is 1.36 bits per heavy atom. The first-order valence-electron chi connectivity index (χ1n) is 5.26. The predicted octanol–water partition coefficient (Wildman–Crippen LogP) is 2.04. The van der Waals surface area contributed by atoms with Crippen molar-refractivity contribution in [2.24, 2.45) is 7.05 Å². The highest BCUT2D eigenvalue weighted by molar-refractivity contribution is 5.19. The van der Waals surface area contributed by atoms with Gasteiger partial charge in [-0.25, -0.2) is 0 Å². The second-order valence-electron chi connectivity index (χ2n) is 4.40. The molecule has 14 heavy (non-hydrogen) atoms. The van der Waals surface area contributed by atoms with E-state index in [1.165, 1.54) is 11.3 Å². The lowest BCUT2D eigenvalue weighted by Gasteiger charge is -2.09. The lowest BCUT2D eigenvalue weighted by Crippen LogP contribution is -2.22. The second kappa shape index (κ2) is 4.60. The molecule has 0 unspecified atom stereocenters. The SMILES string of the molecule is CC(C)NCc1cn(C)nc1C(C)C. The first-order valence-corrected chi connectivity index (χ1v) is 5.26. The predicted molar refractivity (Wildman–Crippen MR) is 59.3 cm³/mol. The summed E-state index contributed by atoms with van der Waals surface area (Å²) in [6.45, 7) is 9.60. The average Bonchev–Trinajstić information content (AvgIpc) is 2.43. The van der Waals surface area contributed by atoms with Gasteiger partial charge in [-0.05, 0) is 5.92 Å². The minimum Gasteiger partial charge on any atom is -0.310 e. The molecule has 0 aliphatic rings. The van der Waals surface area contributed by atoms with E-state index in [-0.39, 0.29) is 0 Å². The van der Waals surface area contributed by atoms with Crippen LogP contribution in [0.1, 0.15) is 44.9 Å². The molecule has 0 aliphatic heterocycles. The van der Waals surface area contributed by atoms with Crippen LogP contribution in [0, 0.1) is 0 Å². The first kappa shape index (κ1) is 11.2. The zero-order valence-electron chi connectivity index (χ0n) is 9.83. The average molecular weight is 195 g/mol. The smallest absolute Gasteiger partial charge is 0.0694 e. The number of nitrogens with one attached hydrogen (secondary N) is 1. The van der Waals surface area contributed by atoms with E-state index in [1.807, 2.05) is 11.7 Å². The van der Waals surface area contributed by atoms with Crippen LogP contribution in [0.25, 0.3) is 0 Å². The van der Waals surface area contributed by atoms with Gasteiger partial charge >= 0.3 is 0 Å². The first-order chi connectivity index (χ1) is 6.50. The van der Waals surface area contributed by atoms with E-state index in [4.69, 9.17) is 0 Å². The molecule has 0 aliphatic carbocycles. The van der Waals surface area contributed by atoms with Crippen LogP contribution in [0.15, 0.2) is 6.20 Å². The van der Waals surface area contributed by atoms with Crippen LogP contribution in [0.5, 0.6) is 0 Å². The lowest BCUT2D eigenvalue weighted by molar-refractivity contribution is 0.584. The van der Waals surface area contributed by atoms with Crippen molar-refractivity contribution in [1.82, 2.24) is 15.1 Å². The van der Waals surface area contributed by atoms with Gasteiger partial charge in [-0.3, -0.25) is 4.68 Å². The van der Waals surface area contributed by atoms with Gasteiger partial charge < -0.3 is 5.32 Å². The van der Waals surface area contributed by atoms with Crippen molar-refractivity contribution in [3.05, 3.63) is 17.5 Å². The highest BCUT2D eigenvalue weighted by Gasteiger charge is 2.10. The Morgan fingerprint density at radius 2 is 2.00 bits per heavy atom. The molecule has 1 N–H and O–H groups in total. The van der Waals surface area contributed by atoms with E-state index in [9.17, 15) is 0 Å². The molecule has 0 saturated carbocycles. The van der Waals surface area contributed by atoms with Crippen LogP contribution in [0.2, 0.25) is 0 Å². The summed E-state index contributed by atoms with van der Waals surface area (Å²) in [4.78, 5) is 0. The minimum absolute atomic E-state index is 0.500. The fourth-order valence-corrected chi connectivity index (χ4v) is 1.49. The third kappa shape index (κ3) is 2.84. The summed E-state index contributed by atoms with van der Waals surface area (Å²) < 4.78 is 1.90. The van der Waals surface area contributed by atoms with Gasteiger partial charge in [0.15, 0.2) is 0 Å². The molecule has 0 saturated heterocycles. The number of rotatable bonds is 4. The van der Waals surface area contributed by atoms with Crippen molar-refractivity contribution in [2.45, 2.75) is 46.2 Å². The number of aryl methyl sites for hydroxylation is 1. The standard InChI is InChI=1S/C11H21N3/c1-8(2)11-10(6-12-9(3)4)7-14(5)13-11/h7-9,12H,6H2,1-5H3. The molecule has 1 heterocycles. The number of hydrogen-bond donors (Lipinski definition) is 1. The zero-order valence-corrected chi connectivity index (χ0v) is 9.83. The Hall–Kier alpha value is -0.830. The van der Waals surface area contributed by atoms with Gasteiger partial charge in [0.05, 0.1) is 5.69 Å². The monoisotopic (exact) mass is 195 g/mol. The number of hydrogen-bond acceptors (Lipinski definition) is 2. The van der Waals surface area contributed by atoms with E-state index in [0.717, 1.165) is 6.54 Å². The van der Waals surface area contributed by atoms with Crippen LogP contribution in [-0.2, 0) is 13.6 Å². The Balaban J connectivity index is 2.74. The molecule has 80 valence electrons. The molecule has 3 nitrogen and oxygen atoms in total. The van der Waals surface area contributed by atoms with E-state index in [2.05, 4.69) is 44.3 Å². The molecule has 0 fully saturated rings. The summed E-state index contributed by atoms with van der Waals surface area (Å²) in [7, 11) is 1.98. The summed E-state index contributed by atoms with van der Waals surface area (Å²) in [6.07, 6.45) is 2.10. The van der Waals surface area contributed by atoms with E-state index in [0.29, 0.717) is 12.0 Å². The van der Waals surface area contributed by atoms with Gasteiger partial charge in [0.25, 0.3) is 0 Å². The van der Waals surface area contributed by atoms with Crippen molar-refractivity contribution >= 4 is 0 Å². The third-order valence-corrected chi connectivity index (χ3v) is 2.18. The van der Waals surface area contributed by atoms with Crippen LogP contribution < -0.4 is 5.32 Å². The molecule has 1 rings (SSSR count). The van der Waals surface area contributed by atoms with Crippen LogP contribution in [0.3, 0.4) is 0 Å². The van der Waals surface area contributed by atoms with Gasteiger partial charge in [0.2, 0.25) is 0 Å². The van der Waals surface area contributed by atoms with E-state index >= 15 is 0 Å². The Bertz CT molecular complexity index is 287. The fourth-order valence-electron chi connectivity index (χ4n) is 1.49. The molecule has 0 amide bonds. The summed E-state index contributed by atoms with van der Waals surface area (Å²) >= 11 is 0. The normalized spacial score (nSPS) is 11.6. The van der Waals surface area contributed by atoms with Crippen LogP contribution in [-0.4, -0.2) is 15.8 Å². The van der Waals surface area contributed by atoms with Gasteiger partial charge in [0.1, 0.15) is 0 Å². The highest BCUT2D eigenvalue weighted by atomic mass is 15.3. The van der Waals surface area contributed by atoms with Crippen molar-refractivity contribution in [3.8, 4) is 0 Å². The summed E-state index contributed by atoms with van der Waals surface area (Å²) in [5, 5.41) is 7.88. The summed E-state index contributed by atoms with van der Waals surface area (Å²) in [6, 6.07) is 0.523. The van der Waals surface area contributed by atoms with Crippen LogP contribution >= 0.6 is 0 Å². The van der Waals surface area contributed by atoms with Gasteiger partial charge in [-0.15, -0.1) is 0 Å². The zero-order chi connectivity index (χ0) is 10.7. The molecule has 0 atom stereocenters. The maximum atomic E-state index is 4.46. The Morgan fingerprint density at radius 3 is 2.50 bits per heavy atom. The topological polar surface area (TPSA) is 29.9 Å².